The first-order valence-electron chi connectivity index (χ1n) is 9.01. The van der Waals surface area contributed by atoms with Gasteiger partial charge in [-0.25, -0.2) is 13.6 Å². The van der Waals surface area contributed by atoms with E-state index < -0.39 is 16.1 Å². The first-order chi connectivity index (χ1) is 13.9. The number of benzene rings is 3. The summed E-state index contributed by atoms with van der Waals surface area (Å²) in [6.07, 6.45) is -0.407. The van der Waals surface area contributed by atoms with Crippen molar-refractivity contribution in [1.82, 2.24) is 0 Å². The molecule has 0 radical (unpaired) electrons. The van der Waals surface area contributed by atoms with E-state index >= 15 is 0 Å². The lowest BCUT2D eigenvalue weighted by molar-refractivity contribution is 0.242. The topological polar surface area (TPSA) is 87.8 Å². The summed E-state index contributed by atoms with van der Waals surface area (Å²) in [5, 5.41) is 5.25. The van der Waals surface area contributed by atoms with Crippen LogP contribution in [0.25, 0.3) is 11.1 Å². The molecular formula is C22H21NO5S. The summed E-state index contributed by atoms with van der Waals surface area (Å²) in [5.41, 5.74) is 4.16. The van der Waals surface area contributed by atoms with Crippen molar-refractivity contribution in [3.63, 3.8) is 0 Å². The number of nitrogens with two attached hydrogens (primary N) is 1. The lowest BCUT2D eigenvalue weighted by Crippen LogP contribution is -2.18. The van der Waals surface area contributed by atoms with Crippen LogP contribution in [0.3, 0.4) is 0 Å². The second-order valence-electron chi connectivity index (χ2n) is 6.83. The summed E-state index contributed by atoms with van der Waals surface area (Å²) in [5.74, 6) is 1.90. The Labute approximate surface area is 169 Å². The highest BCUT2D eigenvalue weighted by Gasteiger charge is 2.30. The zero-order valence-corrected chi connectivity index (χ0v) is 16.9. The molecule has 150 valence electrons. The number of rotatable bonds is 5. The van der Waals surface area contributed by atoms with Crippen LogP contribution in [0.4, 0.5) is 0 Å². The van der Waals surface area contributed by atoms with Crippen molar-refractivity contribution in [2.24, 2.45) is 5.14 Å². The zero-order valence-electron chi connectivity index (χ0n) is 16.1. The Bertz CT molecular complexity index is 1160. The van der Waals surface area contributed by atoms with Gasteiger partial charge in [0.1, 0.15) is 23.4 Å². The number of ether oxygens (including phenoxy) is 3. The Hall–Kier alpha value is -3.03. The van der Waals surface area contributed by atoms with E-state index in [1.807, 2.05) is 54.6 Å². The van der Waals surface area contributed by atoms with Gasteiger partial charge in [0.2, 0.25) is 10.0 Å². The van der Waals surface area contributed by atoms with E-state index in [1.165, 1.54) is 0 Å². The average Bonchev–Trinajstić information content (AvgIpc) is 2.71. The van der Waals surface area contributed by atoms with Crippen LogP contribution in [0.15, 0.2) is 60.7 Å². The van der Waals surface area contributed by atoms with Crippen molar-refractivity contribution >= 4 is 10.0 Å². The largest absolute Gasteiger partial charge is 0.497 e. The molecule has 0 saturated carbocycles. The molecule has 1 aliphatic heterocycles. The smallest absolute Gasteiger partial charge is 0.213 e. The molecule has 0 aromatic heterocycles. The summed E-state index contributed by atoms with van der Waals surface area (Å²) in [6.45, 7) is 0. The first kappa shape index (κ1) is 19.3. The lowest BCUT2D eigenvalue weighted by atomic mass is 9.88. The standard InChI is InChI=1S/C22H21NO5S/c1-26-16-9-7-15(8-10-16)22-18-12-14(13-29(23,24)25)6-11-17(18)21-19(27-2)4-3-5-20(21)28-22/h3-12,22H,13H2,1-2H3,(H2,23,24,25). The van der Waals surface area contributed by atoms with Crippen LogP contribution >= 0.6 is 0 Å². The second kappa shape index (κ2) is 7.42. The third kappa shape index (κ3) is 3.79. The molecule has 0 amide bonds. The number of sulfonamides is 1. The SMILES string of the molecule is COc1ccc(C2Oc3cccc(OC)c3-c3ccc(CS(N)(=O)=O)cc32)cc1. The fraction of sp³-hybridized carbons (Fsp3) is 0.182. The number of hydrogen-bond acceptors (Lipinski definition) is 5. The van der Waals surface area contributed by atoms with Gasteiger partial charge in [-0.1, -0.05) is 36.4 Å². The summed E-state index contributed by atoms with van der Waals surface area (Å²) in [6, 6.07) is 18.8. The number of methoxy groups -OCH3 is 2. The van der Waals surface area contributed by atoms with Gasteiger partial charge in [0.15, 0.2) is 0 Å². The summed E-state index contributed by atoms with van der Waals surface area (Å²) in [7, 11) is -0.424. The number of hydrogen-bond donors (Lipinski definition) is 1. The maximum atomic E-state index is 11.6. The van der Waals surface area contributed by atoms with Crippen molar-refractivity contribution < 1.29 is 22.6 Å². The Morgan fingerprint density at radius 2 is 1.76 bits per heavy atom. The highest BCUT2D eigenvalue weighted by Crippen LogP contribution is 2.49. The minimum atomic E-state index is -3.65. The molecule has 0 saturated heterocycles. The zero-order chi connectivity index (χ0) is 20.6. The van der Waals surface area contributed by atoms with E-state index in [2.05, 4.69) is 0 Å². The van der Waals surface area contributed by atoms with E-state index in [1.54, 1.807) is 20.3 Å². The highest BCUT2D eigenvalue weighted by molar-refractivity contribution is 7.88. The molecule has 0 fully saturated rings. The molecule has 3 aromatic carbocycles. The van der Waals surface area contributed by atoms with Gasteiger partial charge in [-0.05, 0) is 41.0 Å². The van der Waals surface area contributed by atoms with E-state index in [-0.39, 0.29) is 5.75 Å². The molecule has 4 rings (SSSR count). The van der Waals surface area contributed by atoms with Crippen LogP contribution in [0.5, 0.6) is 17.2 Å². The minimum absolute atomic E-state index is 0.242. The molecule has 2 N–H and O–H groups in total. The van der Waals surface area contributed by atoms with Gasteiger partial charge in [0.05, 0.1) is 25.5 Å². The summed E-state index contributed by atoms with van der Waals surface area (Å²) < 4.78 is 40.3. The van der Waals surface area contributed by atoms with Crippen LogP contribution in [0.1, 0.15) is 22.8 Å². The molecule has 7 heteroatoms. The predicted octanol–water partition coefficient (Wildman–Crippen LogP) is 3.64. The van der Waals surface area contributed by atoms with E-state index in [9.17, 15) is 8.42 Å². The van der Waals surface area contributed by atoms with Gasteiger partial charge in [-0.3, -0.25) is 0 Å². The van der Waals surface area contributed by atoms with Gasteiger partial charge in [0.25, 0.3) is 0 Å². The Morgan fingerprint density at radius 3 is 2.41 bits per heavy atom. The van der Waals surface area contributed by atoms with Gasteiger partial charge in [0, 0.05) is 5.56 Å². The molecule has 1 aliphatic rings. The normalized spacial score (nSPS) is 15.1. The maximum absolute atomic E-state index is 11.6. The second-order valence-corrected chi connectivity index (χ2v) is 8.45. The summed E-state index contributed by atoms with van der Waals surface area (Å²) >= 11 is 0. The van der Waals surface area contributed by atoms with E-state index in [4.69, 9.17) is 19.3 Å². The third-order valence-corrected chi connectivity index (χ3v) is 5.64. The maximum Gasteiger partial charge on any atom is 0.213 e. The van der Waals surface area contributed by atoms with Crippen molar-refractivity contribution in [2.45, 2.75) is 11.9 Å². The fourth-order valence-electron chi connectivity index (χ4n) is 3.64. The molecular weight excluding hydrogens is 390 g/mol. The highest BCUT2D eigenvalue weighted by atomic mass is 32.2. The van der Waals surface area contributed by atoms with Crippen molar-refractivity contribution in [2.75, 3.05) is 14.2 Å². The van der Waals surface area contributed by atoms with Crippen LogP contribution in [0.2, 0.25) is 0 Å². The molecule has 6 nitrogen and oxygen atoms in total. The quantitative estimate of drug-likeness (QED) is 0.693. The van der Waals surface area contributed by atoms with Crippen LogP contribution in [-0.4, -0.2) is 22.6 Å². The predicted molar refractivity (Wildman–Crippen MR) is 111 cm³/mol. The molecule has 1 unspecified atom stereocenters. The van der Waals surface area contributed by atoms with Gasteiger partial charge < -0.3 is 14.2 Å². The number of primary sulfonamides is 1. The Kier molecular flexibility index (Phi) is 4.94. The van der Waals surface area contributed by atoms with Gasteiger partial charge >= 0.3 is 0 Å². The number of fused-ring (bicyclic) bond motifs is 3. The van der Waals surface area contributed by atoms with Crippen molar-refractivity contribution in [3.05, 3.63) is 77.4 Å². The van der Waals surface area contributed by atoms with Crippen molar-refractivity contribution in [3.8, 4) is 28.4 Å². The first-order valence-corrected chi connectivity index (χ1v) is 10.7. The third-order valence-electron chi connectivity index (χ3n) is 4.91. The lowest BCUT2D eigenvalue weighted by Gasteiger charge is -2.30. The van der Waals surface area contributed by atoms with Crippen LogP contribution in [0, 0.1) is 0 Å². The minimum Gasteiger partial charge on any atom is -0.497 e. The Balaban J connectivity index is 1.89. The monoisotopic (exact) mass is 411 g/mol. The average molecular weight is 411 g/mol. The fourth-order valence-corrected chi connectivity index (χ4v) is 4.28. The molecule has 29 heavy (non-hydrogen) atoms. The Morgan fingerprint density at radius 1 is 1.00 bits per heavy atom. The van der Waals surface area contributed by atoms with Crippen molar-refractivity contribution in [1.29, 1.82) is 0 Å². The molecule has 0 aliphatic carbocycles. The van der Waals surface area contributed by atoms with Crippen LogP contribution < -0.4 is 19.3 Å². The molecule has 1 heterocycles. The van der Waals surface area contributed by atoms with E-state index in [0.29, 0.717) is 17.1 Å². The molecule has 3 aromatic rings. The summed E-state index contributed by atoms with van der Waals surface area (Å²) in [4.78, 5) is 0. The van der Waals surface area contributed by atoms with E-state index in [0.717, 1.165) is 28.0 Å². The molecule has 0 bridgehead atoms. The van der Waals surface area contributed by atoms with Gasteiger partial charge in [-0.2, -0.15) is 0 Å². The van der Waals surface area contributed by atoms with Crippen LogP contribution in [-0.2, 0) is 15.8 Å². The van der Waals surface area contributed by atoms with Gasteiger partial charge in [-0.15, -0.1) is 0 Å². The molecule has 0 spiro atoms. The molecule has 1 atom stereocenters.